The van der Waals surface area contributed by atoms with Gasteiger partial charge in [0, 0.05) is 26.5 Å². The van der Waals surface area contributed by atoms with Crippen molar-refractivity contribution in [3.8, 4) is 0 Å². The Labute approximate surface area is 190 Å². The summed E-state index contributed by atoms with van der Waals surface area (Å²) in [6.07, 6.45) is 9.60. The zero-order chi connectivity index (χ0) is 21.8. The minimum absolute atomic E-state index is 0.709. The maximum Gasteiger partial charge on any atom is 0.215 e. The number of anilines is 2. The van der Waals surface area contributed by atoms with E-state index in [0.29, 0.717) is 4.60 Å². The molecule has 0 atom stereocenters. The zero-order valence-corrected chi connectivity index (χ0v) is 20.3. The van der Waals surface area contributed by atoms with Gasteiger partial charge >= 0.3 is 0 Å². The first-order valence-electron chi connectivity index (χ1n) is 9.34. The van der Waals surface area contributed by atoms with Crippen molar-refractivity contribution in [2.75, 3.05) is 24.3 Å². The summed E-state index contributed by atoms with van der Waals surface area (Å²) in [5, 5.41) is 3.15. The smallest absolute Gasteiger partial charge is 0.215 e. The Balaban J connectivity index is 0.000000172. The first-order chi connectivity index (χ1) is 14.4. The van der Waals surface area contributed by atoms with Crippen LogP contribution in [0.3, 0.4) is 0 Å². The van der Waals surface area contributed by atoms with Gasteiger partial charge in [0.15, 0.2) is 11.3 Å². The lowest BCUT2D eigenvalue weighted by atomic mass is 10.3. The number of nitrogens with zero attached hydrogens (tertiary/aromatic N) is 7. The number of amides is 1. The van der Waals surface area contributed by atoms with Crippen LogP contribution in [0.4, 0.5) is 11.6 Å². The van der Waals surface area contributed by atoms with E-state index in [1.54, 1.807) is 25.6 Å². The molecule has 4 rings (SSSR count). The number of aryl methyl sites for hydroxylation is 2. The van der Waals surface area contributed by atoms with Crippen molar-refractivity contribution in [2.24, 2.45) is 0 Å². The highest BCUT2D eigenvalue weighted by atomic mass is 79.9. The lowest BCUT2D eigenvalue weighted by molar-refractivity contribution is -0.107. The Kier molecular flexibility index (Phi) is 7.03. The summed E-state index contributed by atoms with van der Waals surface area (Å²) < 4.78 is 5.36. The van der Waals surface area contributed by atoms with Crippen LogP contribution in [0, 0.1) is 0 Å². The highest BCUT2D eigenvalue weighted by Crippen LogP contribution is 2.22. The van der Waals surface area contributed by atoms with Crippen molar-refractivity contribution < 1.29 is 4.79 Å². The summed E-state index contributed by atoms with van der Waals surface area (Å²) in [5.74, 6) is 1.82. The van der Waals surface area contributed by atoms with E-state index in [0.717, 1.165) is 58.2 Å². The van der Waals surface area contributed by atoms with Crippen LogP contribution in [0.25, 0.3) is 11.3 Å². The van der Waals surface area contributed by atoms with Crippen LogP contribution in [-0.2, 0) is 17.6 Å². The molecule has 158 valence electrons. The minimum atomic E-state index is 0.709. The summed E-state index contributed by atoms with van der Waals surface area (Å²) in [6.45, 7) is 4.09. The van der Waals surface area contributed by atoms with Crippen LogP contribution >= 0.6 is 31.9 Å². The maximum absolute atomic E-state index is 10.9. The average molecular weight is 538 g/mol. The van der Waals surface area contributed by atoms with E-state index < -0.39 is 0 Å². The fourth-order valence-electron chi connectivity index (χ4n) is 3.12. The van der Waals surface area contributed by atoms with E-state index in [2.05, 4.69) is 64.0 Å². The molecule has 0 radical (unpaired) electrons. The van der Waals surface area contributed by atoms with E-state index in [4.69, 9.17) is 0 Å². The summed E-state index contributed by atoms with van der Waals surface area (Å²) in [6, 6.07) is 0. The van der Waals surface area contributed by atoms with E-state index >= 15 is 0 Å². The molecule has 0 aliphatic carbocycles. The van der Waals surface area contributed by atoms with E-state index in [-0.39, 0.29) is 0 Å². The number of carbonyl (C=O) groups is 1. The van der Waals surface area contributed by atoms with Crippen LogP contribution in [0.1, 0.15) is 25.2 Å². The Morgan fingerprint density at radius 1 is 1.00 bits per heavy atom. The van der Waals surface area contributed by atoms with Crippen molar-refractivity contribution in [1.29, 1.82) is 0 Å². The molecule has 0 saturated carbocycles. The fourth-order valence-corrected chi connectivity index (χ4v) is 3.73. The molecular weight excluding hydrogens is 516 g/mol. The third kappa shape index (κ3) is 4.31. The molecule has 1 amide bonds. The normalized spacial score (nSPS) is 10.7. The summed E-state index contributed by atoms with van der Waals surface area (Å²) >= 11 is 6.64. The molecule has 4 aromatic heterocycles. The van der Waals surface area contributed by atoms with E-state index in [1.165, 1.54) is 4.90 Å². The molecule has 4 heterocycles. The molecule has 4 aromatic rings. The van der Waals surface area contributed by atoms with Gasteiger partial charge in [-0.15, -0.1) is 0 Å². The second kappa shape index (κ2) is 9.52. The van der Waals surface area contributed by atoms with Crippen molar-refractivity contribution in [3.05, 3.63) is 45.4 Å². The van der Waals surface area contributed by atoms with Gasteiger partial charge in [-0.2, -0.15) is 0 Å². The zero-order valence-electron chi connectivity index (χ0n) is 17.1. The average Bonchev–Trinajstić information content (AvgIpc) is 3.30. The van der Waals surface area contributed by atoms with Crippen LogP contribution in [-0.4, -0.2) is 49.2 Å². The lowest BCUT2D eigenvalue weighted by Gasteiger charge is -2.11. The molecule has 0 aliphatic heterocycles. The first-order valence-corrected chi connectivity index (χ1v) is 10.9. The van der Waals surface area contributed by atoms with E-state index in [9.17, 15) is 4.79 Å². The topological polar surface area (TPSA) is 92.7 Å². The molecule has 30 heavy (non-hydrogen) atoms. The van der Waals surface area contributed by atoms with E-state index in [1.807, 2.05) is 29.0 Å². The molecule has 0 bridgehead atoms. The number of imidazole rings is 2. The molecule has 1 N–H and O–H groups in total. The van der Waals surface area contributed by atoms with Crippen LogP contribution < -0.4 is 10.2 Å². The number of halogens is 2. The molecule has 0 saturated heterocycles. The van der Waals surface area contributed by atoms with Crippen molar-refractivity contribution >= 4 is 61.2 Å². The molecule has 0 fully saturated rings. The largest absolute Gasteiger partial charge is 0.373 e. The SMILES string of the molecule is CCc1nc2cnc(Br)cn2c1N(C)C=O.CCc1nc2cnc(Br)cn2c1NC. The van der Waals surface area contributed by atoms with Gasteiger partial charge in [-0.25, -0.2) is 19.9 Å². The second-order valence-electron chi connectivity index (χ2n) is 6.34. The molecule has 11 heteroatoms. The van der Waals surface area contributed by atoms with Gasteiger partial charge < -0.3 is 10.2 Å². The number of nitrogens with one attached hydrogen (secondary N) is 1. The molecule has 0 aliphatic rings. The number of hydrogen-bond acceptors (Lipinski definition) is 6. The fraction of sp³-hybridized carbons (Fsp3) is 0.316. The van der Waals surface area contributed by atoms with Gasteiger partial charge in [-0.05, 0) is 44.7 Å². The van der Waals surface area contributed by atoms with Gasteiger partial charge in [-0.1, -0.05) is 13.8 Å². The summed E-state index contributed by atoms with van der Waals surface area (Å²) in [5.41, 5.74) is 3.56. The molecule has 0 aromatic carbocycles. The summed E-state index contributed by atoms with van der Waals surface area (Å²) in [4.78, 5) is 29.5. The summed E-state index contributed by atoms with van der Waals surface area (Å²) in [7, 11) is 3.61. The second-order valence-corrected chi connectivity index (χ2v) is 7.96. The number of fused-ring (bicyclic) bond motifs is 2. The van der Waals surface area contributed by atoms with Crippen molar-refractivity contribution in [1.82, 2.24) is 28.7 Å². The van der Waals surface area contributed by atoms with Gasteiger partial charge in [0.2, 0.25) is 6.41 Å². The Hall–Kier alpha value is -2.53. The minimum Gasteiger partial charge on any atom is -0.373 e. The quantitative estimate of drug-likeness (QED) is 0.390. The lowest BCUT2D eigenvalue weighted by Crippen LogP contribution is -2.17. The molecule has 0 spiro atoms. The maximum atomic E-state index is 10.9. The standard InChI is InChI=1S/C10H11BrN4O.C9H11BrN4/c1-3-7-10(14(2)6-16)15-5-8(11)12-4-9(15)13-7;1-3-6-9(11-2)14-5-7(10)12-4-8(14)13-6/h4-6H,3H2,1-2H3;4-5,11H,3H2,1-2H3. The van der Waals surface area contributed by atoms with Gasteiger partial charge in [0.25, 0.3) is 0 Å². The number of rotatable bonds is 5. The highest BCUT2D eigenvalue weighted by Gasteiger charge is 2.14. The van der Waals surface area contributed by atoms with Crippen LogP contribution in [0.5, 0.6) is 0 Å². The predicted molar refractivity (Wildman–Crippen MR) is 124 cm³/mol. The van der Waals surface area contributed by atoms with Gasteiger partial charge in [0.05, 0.1) is 23.8 Å². The number of carbonyl (C=O) groups excluding carboxylic acids is 1. The first kappa shape index (κ1) is 22.2. The monoisotopic (exact) mass is 536 g/mol. The van der Waals surface area contributed by atoms with Crippen molar-refractivity contribution in [3.63, 3.8) is 0 Å². The Bertz CT molecular complexity index is 1190. The van der Waals surface area contributed by atoms with Crippen LogP contribution in [0.15, 0.2) is 34.0 Å². The molecular formula is C19H22Br2N8O. The molecule has 0 unspecified atom stereocenters. The van der Waals surface area contributed by atoms with Crippen LogP contribution in [0.2, 0.25) is 0 Å². The predicted octanol–water partition coefficient (Wildman–Crippen LogP) is 3.74. The highest BCUT2D eigenvalue weighted by molar-refractivity contribution is 9.10. The van der Waals surface area contributed by atoms with Crippen molar-refractivity contribution in [2.45, 2.75) is 26.7 Å². The number of aromatic nitrogens is 6. The Morgan fingerprint density at radius 2 is 1.53 bits per heavy atom. The Morgan fingerprint density at radius 3 is 2.07 bits per heavy atom. The number of hydrogen-bond donors (Lipinski definition) is 1. The van der Waals surface area contributed by atoms with Gasteiger partial charge in [0.1, 0.15) is 20.8 Å². The third-order valence-corrected chi connectivity index (χ3v) is 5.29. The van der Waals surface area contributed by atoms with Gasteiger partial charge in [-0.3, -0.25) is 13.6 Å². The molecule has 9 nitrogen and oxygen atoms in total. The third-order valence-electron chi connectivity index (χ3n) is 4.47.